The Morgan fingerprint density at radius 2 is 1.63 bits per heavy atom. The summed E-state index contributed by atoms with van der Waals surface area (Å²) in [5, 5.41) is 0. The summed E-state index contributed by atoms with van der Waals surface area (Å²) in [5.41, 5.74) is 4.88. The molecule has 1 aromatic carbocycles. The van der Waals surface area contributed by atoms with Gasteiger partial charge < -0.3 is 0 Å². The minimum absolute atomic E-state index is 0.281. The molecule has 4 bridgehead atoms. The fourth-order valence-corrected chi connectivity index (χ4v) is 3.10. The smallest absolute Gasteiger partial charge is 0.165 e. The van der Waals surface area contributed by atoms with Crippen molar-refractivity contribution in [1.29, 1.82) is 0 Å². The van der Waals surface area contributed by atoms with E-state index in [1.54, 1.807) is 0 Å². The van der Waals surface area contributed by atoms with E-state index < -0.39 is 0 Å². The highest BCUT2D eigenvalue weighted by molar-refractivity contribution is 5.98. The predicted octanol–water partition coefficient (Wildman–Crippen LogP) is 4.03. The van der Waals surface area contributed by atoms with E-state index in [1.807, 2.05) is 6.08 Å². The monoisotopic (exact) mass is 252 g/mol. The van der Waals surface area contributed by atoms with Crippen molar-refractivity contribution in [2.75, 3.05) is 0 Å². The molecule has 0 saturated carbocycles. The van der Waals surface area contributed by atoms with Gasteiger partial charge in [0.25, 0.3) is 0 Å². The maximum Gasteiger partial charge on any atom is 0.165 e. The lowest BCUT2D eigenvalue weighted by molar-refractivity contribution is -0.121. The summed E-state index contributed by atoms with van der Waals surface area (Å²) in [5.74, 6) is 0.281. The predicted molar refractivity (Wildman–Crippen MR) is 78.0 cm³/mol. The number of benzene rings is 1. The molecule has 0 amide bonds. The Morgan fingerprint density at radius 3 is 2.32 bits per heavy atom. The average molecular weight is 252 g/mol. The van der Waals surface area contributed by atoms with Crippen molar-refractivity contribution in [2.24, 2.45) is 5.41 Å². The van der Waals surface area contributed by atoms with Gasteiger partial charge in [0.1, 0.15) is 0 Å². The van der Waals surface area contributed by atoms with Crippen molar-refractivity contribution in [3.63, 3.8) is 0 Å². The zero-order valence-corrected chi connectivity index (χ0v) is 11.7. The number of aryl methyl sites for hydroxylation is 2. The quantitative estimate of drug-likeness (QED) is 0.681. The molecular weight excluding hydrogens is 232 g/mol. The molecule has 1 atom stereocenters. The largest absolute Gasteiger partial charge is 0.294 e. The highest BCUT2D eigenvalue weighted by Gasteiger charge is 2.32. The lowest BCUT2D eigenvalue weighted by Crippen LogP contribution is -2.28. The number of carbonyl (C=O) groups excluding carboxylic acids is 1. The third-order valence-electron chi connectivity index (χ3n) is 4.55. The molecule has 5 aliphatic rings. The topological polar surface area (TPSA) is 17.1 Å². The number of hydrogen-bond acceptors (Lipinski definition) is 1. The third kappa shape index (κ3) is 2.30. The van der Waals surface area contributed by atoms with Crippen LogP contribution in [0.5, 0.6) is 0 Å². The summed E-state index contributed by atoms with van der Waals surface area (Å²) in [4.78, 5) is 12.4. The second-order valence-corrected chi connectivity index (χ2v) is 6.10. The summed E-state index contributed by atoms with van der Waals surface area (Å²) in [7, 11) is 0. The van der Waals surface area contributed by atoms with Crippen LogP contribution in [-0.4, -0.2) is 5.78 Å². The SMILES string of the molecule is CC1=C[C@@]2(C)CCc3ccc(cc3)CCC1=CC2=O. The van der Waals surface area contributed by atoms with Gasteiger partial charge in [0.15, 0.2) is 5.78 Å². The summed E-state index contributed by atoms with van der Waals surface area (Å²) in [6.45, 7) is 4.22. The van der Waals surface area contributed by atoms with Crippen molar-refractivity contribution in [3.8, 4) is 0 Å². The van der Waals surface area contributed by atoms with Crippen LogP contribution >= 0.6 is 0 Å². The molecule has 0 unspecified atom stereocenters. The van der Waals surface area contributed by atoms with Crippen molar-refractivity contribution >= 4 is 5.78 Å². The Bertz CT molecular complexity index is 574. The molecule has 19 heavy (non-hydrogen) atoms. The van der Waals surface area contributed by atoms with Crippen LogP contribution in [0.15, 0.2) is 47.6 Å². The van der Waals surface area contributed by atoms with Crippen molar-refractivity contribution < 1.29 is 4.79 Å². The van der Waals surface area contributed by atoms with Crippen LogP contribution in [0.1, 0.15) is 37.8 Å². The van der Waals surface area contributed by atoms with E-state index in [2.05, 4.69) is 44.2 Å². The molecule has 1 heteroatoms. The van der Waals surface area contributed by atoms with Crippen molar-refractivity contribution in [3.05, 3.63) is 58.7 Å². The second-order valence-electron chi connectivity index (χ2n) is 6.10. The van der Waals surface area contributed by atoms with Gasteiger partial charge in [-0.05, 0) is 62.3 Å². The second kappa shape index (κ2) is 4.48. The molecule has 0 saturated heterocycles. The van der Waals surface area contributed by atoms with Gasteiger partial charge in [-0.15, -0.1) is 0 Å². The highest BCUT2D eigenvalue weighted by Crippen LogP contribution is 2.36. The number of ketones is 1. The molecule has 0 radical (unpaired) electrons. The standard InChI is InChI=1S/C18H20O/c1-13-12-18(2)10-9-15-5-3-14(4-6-15)7-8-16(13)11-17(18)19/h3-6,11-12H,7-10H2,1-2H3/t18-/m1/s1. The number of allylic oxidation sites excluding steroid dienone is 4. The first-order chi connectivity index (χ1) is 9.07. The summed E-state index contributed by atoms with van der Waals surface area (Å²) >= 11 is 0. The zero-order valence-electron chi connectivity index (χ0n) is 11.7. The normalized spacial score (nSPS) is 26.5. The summed E-state index contributed by atoms with van der Waals surface area (Å²) in [6, 6.07) is 8.88. The molecule has 0 fully saturated rings. The zero-order chi connectivity index (χ0) is 13.5. The summed E-state index contributed by atoms with van der Waals surface area (Å²) < 4.78 is 0. The highest BCUT2D eigenvalue weighted by atomic mass is 16.1. The Hall–Kier alpha value is -1.63. The van der Waals surface area contributed by atoms with Crippen LogP contribution in [0.25, 0.3) is 0 Å². The van der Waals surface area contributed by atoms with Crippen LogP contribution in [0, 0.1) is 5.41 Å². The van der Waals surface area contributed by atoms with Gasteiger partial charge in [-0.1, -0.05) is 35.9 Å². The maximum atomic E-state index is 12.4. The van der Waals surface area contributed by atoms with Gasteiger partial charge in [0, 0.05) is 5.41 Å². The van der Waals surface area contributed by atoms with E-state index in [1.165, 1.54) is 22.3 Å². The van der Waals surface area contributed by atoms with E-state index in [9.17, 15) is 4.79 Å². The first-order valence-electron chi connectivity index (χ1n) is 7.09. The minimum Gasteiger partial charge on any atom is -0.294 e. The third-order valence-corrected chi connectivity index (χ3v) is 4.55. The molecule has 0 spiro atoms. The molecule has 98 valence electrons. The van der Waals surface area contributed by atoms with Crippen molar-refractivity contribution in [2.45, 2.75) is 39.5 Å². The lowest BCUT2D eigenvalue weighted by atomic mass is 9.73. The Labute approximate surface area is 115 Å². The fourth-order valence-electron chi connectivity index (χ4n) is 3.10. The van der Waals surface area contributed by atoms with Crippen LogP contribution in [0.2, 0.25) is 0 Å². The molecule has 6 rings (SSSR count). The van der Waals surface area contributed by atoms with Gasteiger partial charge in [0.2, 0.25) is 0 Å². The molecule has 1 nitrogen and oxygen atoms in total. The summed E-state index contributed by atoms with van der Waals surface area (Å²) in [6.07, 6.45) is 7.93. The van der Waals surface area contributed by atoms with Gasteiger partial charge in [0.05, 0.1) is 0 Å². The lowest BCUT2D eigenvalue weighted by Gasteiger charge is -2.29. The Morgan fingerprint density at radius 1 is 1.00 bits per heavy atom. The maximum absolute atomic E-state index is 12.4. The minimum atomic E-state index is -0.314. The number of carbonyl (C=O) groups is 1. The van der Waals surface area contributed by atoms with Gasteiger partial charge >= 0.3 is 0 Å². The average Bonchev–Trinajstić information content (AvgIpc) is 2.39. The van der Waals surface area contributed by atoms with E-state index in [0.29, 0.717) is 0 Å². The van der Waals surface area contributed by atoms with Gasteiger partial charge in [-0.25, -0.2) is 0 Å². The molecule has 0 heterocycles. The number of rotatable bonds is 0. The molecule has 0 aliphatic heterocycles. The van der Waals surface area contributed by atoms with E-state index in [-0.39, 0.29) is 11.2 Å². The van der Waals surface area contributed by atoms with Crippen LogP contribution < -0.4 is 0 Å². The molecular formula is C18H20O. The van der Waals surface area contributed by atoms with Crippen LogP contribution in [0.4, 0.5) is 0 Å². The first-order valence-corrected chi connectivity index (χ1v) is 7.09. The van der Waals surface area contributed by atoms with Crippen molar-refractivity contribution in [1.82, 2.24) is 0 Å². The molecule has 5 aliphatic carbocycles. The fraction of sp³-hybridized carbons (Fsp3) is 0.389. The molecule has 1 aromatic rings. The molecule has 0 N–H and O–H groups in total. The first kappa shape index (κ1) is 12.4. The molecule has 0 aromatic heterocycles. The number of hydrogen-bond donors (Lipinski definition) is 0. The van der Waals surface area contributed by atoms with Gasteiger partial charge in [-0.2, -0.15) is 0 Å². The Balaban J connectivity index is 2.03. The van der Waals surface area contributed by atoms with Crippen LogP contribution in [0.3, 0.4) is 0 Å². The van der Waals surface area contributed by atoms with E-state index >= 15 is 0 Å². The van der Waals surface area contributed by atoms with E-state index in [0.717, 1.165) is 25.7 Å². The van der Waals surface area contributed by atoms with E-state index in [4.69, 9.17) is 0 Å². The van der Waals surface area contributed by atoms with Gasteiger partial charge in [-0.3, -0.25) is 4.79 Å². The Kier molecular flexibility index (Phi) is 2.93. The van der Waals surface area contributed by atoms with Crippen LogP contribution in [-0.2, 0) is 17.6 Å².